The molecule has 0 amide bonds. The van der Waals surface area contributed by atoms with Crippen LogP contribution in [-0.2, 0) is 12.7 Å². The van der Waals surface area contributed by atoms with E-state index in [1.807, 2.05) is 0 Å². The topological polar surface area (TPSA) is 48.1 Å². The van der Waals surface area contributed by atoms with E-state index in [0.29, 0.717) is 0 Å². The molecule has 0 unspecified atom stereocenters. The van der Waals surface area contributed by atoms with Crippen molar-refractivity contribution in [3.05, 3.63) is 23.5 Å². The average Bonchev–Trinajstić information content (AvgIpc) is 3.01. The molecule has 1 aromatic heterocycles. The summed E-state index contributed by atoms with van der Waals surface area (Å²) in [5, 5.41) is 0. The van der Waals surface area contributed by atoms with E-state index in [2.05, 4.69) is 4.98 Å². The Hall–Kier alpha value is -1.30. The number of hydrogen-bond donors (Lipinski definition) is 1. The summed E-state index contributed by atoms with van der Waals surface area (Å²) in [6.45, 7) is -0.0210. The minimum absolute atomic E-state index is 0.0210. The van der Waals surface area contributed by atoms with Crippen LogP contribution in [0.15, 0.2) is 12.3 Å². The van der Waals surface area contributed by atoms with Crippen molar-refractivity contribution in [1.82, 2.24) is 4.98 Å². The minimum Gasteiger partial charge on any atom is -0.488 e. The molecule has 0 spiro atoms. The first-order valence-corrected chi connectivity index (χ1v) is 4.93. The number of hydrogen-bond acceptors (Lipinski definition) is 3. The maximum absolute atomic E-state index is 12.7. The van der Waals surface area contributed by atoms with Gasteiger partial charge in [0, 0.05) is 6.54 Å². The Labute approximate surface area is 90.4 Å². The summed E-state index contributed by atoms with van der Waals surface area (Å²) in [7, 11) is 0. The van der Waals surface area contributed by atoms with Crippen LogP contribution in [0.1, 0.15) is 24.1 Å². The zero-order valence-corrected chi connectivity index (χ0v) is 8.42. The maximum Gasteiger partial charge on any atom is 0.420 e. The van der Waals surface area contributed by atoms with E-state index in [9.17, 15) is 13.2 Å². The van der Waals surface area contributed by atoms with Gasteiger partial charge in [0.2, 0.25) is 0 Å². The van der Waals surface area contributed by atoms with Gasteiger partial charge >= 0.3 is 6.18 Å². The number of nitrogens with zero attached hydrogens (tertiary/aromatic N) is 1. The molecule has 2 N–H and O–H groups in total. The zero-order chi connectivity index (χ0) is 11.8. The zero-order valence-electron chi connectivity index (χ0n) is 8.42. The fraction of sp³-hybridized carbons (Fsp3) is 0.500. The van der Waals surface area contributed by atoms with Gasteiger partial charge in [-0.2, -0.15) is 13.2 Å². The van der Waals surface area contributed by atoms with Crippen LogP contribution in [0, 0.1) is 0 Å². The van der Waals surface area contributed by atoms with E-state index in [0.717, 1.165) is 25.1 Å². The molecule has 2 rings (SSSR count). The van der Waals surface area contributed by atoms with E-state index in [4.69, 9.17) is 10.5 Å². The molecule has 0 aliphatic heterocycles. The van der Waals surface area contributed by atoms with Crippen molar-refractivity contribution in [3.8, 4) is 5.75 Å². The number of halogens is 3. The van der Waals surface area contributed by atoms with E-state index >= 15 is 0 Å². The van der Waals surface area contributed by atoms with E-state index < -0.39 is 11.7 Å². The Morgan fingerprint density at radius 2 is 2.12 bits per heavy atom. The second-order valence-electron chi connectivity index (χ2n) is 3.69. The third-order valence-corrected chi connectivity index (χ3v) is 2.26. The Morgan fingerprint density at radius 3 is 2.62 bits per heavy atom. The molecule has 16 heavy (non-hydrogen) atoms. The standard InChI is InChI=1S/C10H11F3N2O/c11-10(12,13)8-3-6(4-14)15-5-9(8)16-7-1-2-7/h3,5,7H,1-2,4,14H2. The second-order valence-corrected chi connectivity index (χ2v) is 3.69. The smallest absolute Gasteiger partial charge is 0.420 e. The fourth-order valence-corrected chi connectivity index (χ4v) is 1.28. The Bertz CT molecular complexity index is 388. The molecule has 6 heteroatoms. The summed E-state index contributed by atoms with van der Waals surface area (Å²) in [5.74, 6) is -0.202. The van der Waals surface area contributed by atoms with Gasteiger partial charge in [0.1, 0.15) is 11.3 Å². The van der Waals surface area contributed by atoms with Gasteiger partial charge in [0.05, 0.1) is 18.0 Å². The van der Waals surface area contributed by atoms with Crippen LogP contribution in [0.4, 0.5) is 13.2 Å². The molecule has 3 nitrogen and oxygen atoms in total. The van der Waals surface area contributed by atoms with Crippen LogP contribution < -0.4 is 10.5 Å². The first-order chi connectivity index (χ1) is 7.50. The first-order valence-electron chi connectivity index (χ1n) is 4.93. The SMILES string of the molecule is NCc1cc(C(F)(F)F)c(OC2CC2)cn1. The van der Waals surface area contributed by atoms with Crippen molar-refractivity contribution >= 4 is 0 Å². The van der Waals surface area contributed by atoms with Crippen LogP contribution in [0.3, 0.4) is 0 Å². The lowest BCUT2D eigenvalue weighted by Gasteiger charge is -2.13. The summed E-state index contributed by atoms with van der Waals surface area (Å²) >= 11 is 0. The quantitative estimate of drug-likeness (QED) is 0.868. The summed E-state index contributed by atoms with van der Waals surface area (Å²) in [5.41, 5.74) is 4.66. The number of ether oxygens (including phenoxy) is 1. The van der Waals surface area contributed by atoms with Crippen molar-refractivity contribution in [2.75, 3.05) is 0 Å². The molecule has 0 saturated heterocycles. The number of alkyl halides is 3. The Kier molecular flexibility index (Phi) is 2.75. The van der Waals surface area contributed by atoms with Crippen molar-refractivity contribution in [2.45, 2.75) is 31.7 Å². The average molecular weight is 232 g/mol. The Balaban J connectivity index is 2.33. The summed E-state index contributed by atoms with van der Waals surface area (Å²) in [4.78, 5) is 3.80. The van der Waals surface area contributed by atoms with E-state index in [1.54, 1.807) is 0 Å². The lowest BCUT2D eigenvalue weighted by atomic mass is 10.2. The molecule has 1 aromatic rings. The molecule has 1 saturated carbocycles. The summed E-state index contributed by atoms with van der Waals surface area (Å²) in [6.07, 6.45) is -1.82. The van der Waals surface area contributed by atoms with Crippen molar-refractivity contribution < 1.29 is 17.9 Å². The van der Waals surface area contributed by atoms with Crippen molar-refractivity contribution in [3.63, 3.8) is 0 Å². The van der Waals surface area contributed by atoms with E-state index in [-0.39, 0.29) is 24.1 Å². The lowest BCUT2D eigenvalue weighted by Crippen LogP contribution is -2.12. The van der Waals surface area contributed by atoms with Gasteiger partial charge in [-0.15, -0.1) is 0 Å². The van der Waals surface area contributed by atoms with Crippen LogP contribution in [-0.4, -0.2) is 11.1 Å². The van der Waals surface area contributed by atoms with Gasteiger partial charge in [-0.1, -0.05) is 0 Å². The van der Waals surface area contributed by atoms with Crippen LogP contribution in [0.5, 0.6) is 5.75 Å². The second kappa shape index (κ2) is 3.93. The fourth-order valence-electron chi connectivity index (χ4n) is 1.28. The third-order valence-electron chi connectivity index (χ3n) is 2.26. The highest BCUT2D eigenvalue weighted by Crippen LogP contribution is 2.38. The molecule has 0 radical (unpaired) electrons. The number of pyridine rings is 1. The predicted molar refractivity (Wildman–Crippen MR) is 50.8 cm³/mol. The van der Waals surface area contributed by atoms with Crippen molar-refractivity contribution in [2.24, 2.45) is 5.73 Å². The largest absolute Gasteiger partial charge is 0.488 e. The predicted octanol–water partition coefficient (Wildman–Crippen LogP) is 2.10. The minimum atomic E-state index is -4.43. The molecule has 1 aliphatic carbocycles. The highest BCUT2D eigenvalue weighted by atomic mass is 19.4. The van der Waals surface area contributed by atoms with Crippen LogP contribution in [0.2, 0.25) is 0 Å². The van der Waals surface area contributed by atoms with Gasteiger partial charge in [-0.25, -0.2) is 0 Å². The lowest BCUT2D eigenvalue weighted by molar-refractivity contribution is -0.139. The number of nitrogens with two attached hydrogens (primary N) is 1. The molecule has 1 heterocycles. The van der Waals surface area contributed by atoms with Gasteiger partial charge in [0.25, 0.3) is 0 Å². The normalized spacial score (nSPS) is 16.2. The third kappa shape index (κ3) is 2.44. The molecule has 0 bridgehead atoms. The molecule has 0 aromatic carbocycles. The number of rotatable bonds is 3. The molecule has 88 valence electrons. The molecule has 1 fully saturated rings. The highest BCUT2D eigenvalue weighted by Gasteiger charge is 2.36. The van der Waals surface area contributed by atoms with Crippen LogP contribution >= 0.6 is 0 Å². The Morgan fingerprint density at radius 1 is 1.44 bits per heavy atom. The number of aromatic nitrogens is 1. The molecule has 1 aliphatic rings. The van der Waals surface area contributed by atoms with Gasteiger partial charge in [-0.3, -0.25) is 4.98 Å². The van der Waals surface area contributed by atoms with Crippen molar-refractivity contribution in [1.29, 1.82) is 0 Å². The van der Waals surface area contributed by atoms with Gasteiger partial charge in [-0.05, 0) is 18.9 Å². The highest BCUT2D eigenvalue weighted by molar-refractivity contribution is 5.35. The van der Waals surface area contributed by atoms with Gasteiger partial charge < -0.3 is 10.5 Å². The monoisotopic (exact) mass is 232 g/mol. The van der Waals surface area contributed by atoms with Gasteiger partial charge in [0.15, 0.2) is 0 Å². The van der Waals surface area contributed by atoms with E-state index in [1.165, 1.54) is 0 Å². The molecular weight excluding hydrogens is 221 g/mol. The van der Waals surface area contributed by atoms with Crippen LogP contribution in [0.25, 0.3) is 0 Å². The summed E-state index contributed by atoms with van der Waals surface area (Å²) in [6, 6.07) is 0.942. The maximum atomic E-state index is 12.7. The summed E-state index contributed by atoms with van der Waals surface area (Å²) < 4.78 is 43.2. The molecule has 0 atom stereocenters. The first kappa shape index (κ1) is 11.2. The molecular formula is C10H11F3N2O.